The Balaban J connectivity index is 0. The smallest absolute Gasteiger partial charge is 0.104 e. The number of hydrogen-bond donors (Lipinski definition) is 4. The zero-order valence-corrected chi connectivity index (χ0v) is 9.02. The van der Waals surface area contributed by atoms with Gasteiger partial charge in [-0.05, 0) is 12.1 Å². The van der Waals surface area contributed by atoms with Crippen molar-refractivity contribution in [2.45, 2.75) is 6.10 Å². The third kappa shape index (κ3) is 3.59. The van der Waals surface area contributed by atoms with E-state index in [-0.39, 0.29) is 31.4 Å². The maximum absolute atomic E-state index is 9.23. The van der Waals surface area contributed by atoms with Crippen LogP contribution in [0.4, 0.5) is 11.4 Å². The van der Waals surface area contributed by atoms with Crippen molar-refractivity contribution in [3.8, 4) is 0 Å². The summed E-state index contributed by atoms with van der Waals surface area (Å²) >= 11 is 0. The van der Waals surface area contributed by atoms with E-state index in [0.29, 0.717) is 16.9 Å². The summed E-state index contributed by atoms with van der Waals surface area (Å²) in [5.41, 5.74) is 12.4. The standard InChI is InChI=1S/C8H12N2O2.2ClH/c9-5-1-2-6(7(10)3-5)8(12)4-11;;/h1-3,8,11-12H,4,9-10H2;2*1H. The number of anilines is 2. The lowest BCUT2D eigenvalue weighted by Gasteiger charge is -2.10. The molecule has 0 bridgehead atoms. The molecule has 0 aromatic heterocycles. The molecule has 14 heavy (non-hydrogen) atoms. The molecule has 1 aromatic rings. The lowest BCUT2D eigenvalue weighted by Crippen LogP contribution is -2.06. The molecule has 1 aromatic carbocycles. The van der Waals surface area contributed by atoms with Gasteiger partial charge in [-0.25, -0.2) is 0 Å². The van der Waals surface area contributed by atoms with E-state index < -0.39 is 6.10 Å². The Bertz CT molecular complexity index is 284. The lowest BCUT2D eigenvalue weighted by molar-refractivity contribution is 0.0962. The summed E-state index contributed by atoms with van der Waals surface area (Å²) in [6, 6.07) is 4.78. The van der Waals surface area contributed by atoms with Crippen LogP contribution in [0.5, 0.6) is 0 Å². The molecule has 0 aliphatic rings. The summed E-state index contributed by atoms with van der Waals surface area (Å²) in [7, 11) is 0. The van der Waals surface area contributed by atoms with Gasteiger partial charge in [-0.3, -0.25) is 0 Å². The first kappa shape index (κ1) is 15.8. The Hall–Kier alpha value is -0.680. The molecule has 0 spiro atoms. The van der Waals surface area contributed by atoms with Gasteiger partial charge in [-0.15, -0.1) is 24.8 Å². The highest BCUT2D eigenvalue weighted by molar-refractivity contribution is 5.85. The molecule has 6 N–H and O–H groups in total. The third-order valence-electron chi connectivity index (χ3n) is 1.64. The second-order valence-electron chi connectivity index (χ2n) is 2.59. The first-order chi connectivity index (χ1) is 5.65. The van der Waals surface area contributed by atoms with E-state index in [4.69, 9.17) is 16.6 Å². The first-order valence-electron chi connectivity index (χ1n) is 3.59. The fraction of sp³-hybridized carbons (Fsp3) is 0.250. The Morgan fingerprint density at radius 2 is 1.79 bits per heavy atom. The molecule has 1 atom stereocenters. The number of benzene rings is 1. The number of hydrogen-bond acceptors (Lipinski definition) is 4. The van der Waals surface area contributed by atoms with Gasteiger partial charge in [0.25, 0.3) is 0 Å². The van der Waals surface area contributed by atoms with Gasteiger partial charge in [0.15, 0.2) is 0 Å². The van der Waals surface area contributed by atoms with Crippen LogP contribution in [0.1, 0.15) is 11.7 Å². The minimum absolute atomic E-state index is 0. The molecule has 0 saturated carbocycles. The van der Waals surface area contributed by atoms with Crippen molar-refractivity contribution in [3.05, 3.63) is 23.8 Å². The summed E-state index contributed by atoms with van der Waals surface area (Å²) < 4.78 is 0. The minimum atomic E-state index is -0.925. The molecule has 0 heterocycles. The molecule has 0 saturated heterocycles. The van der Waals surface area contributed by atoms with Gasteiger partial charge in [-0.2, -0.15) is 0 Å². The predicted molar refractivity (Wildman–Crippen MR) is 61.8 cm³/mol. The molecule has 0 fully saturated rings. The van der Waals surface area contributed by atoms with Crippen LogP contribution in [-0.4, -0.2) is 16.8 Å². The molecule has 4 nitrogen and oxygen atoms in total. The zero-order valence-electron chi connectivity index (χ0n) is 7.38. The molecule has 1 rings (SSSR count). The highest BCUT2D eigenvalue weighted by atomic mass is 35.5. The molecular formula is C8H14Cl2N2O2. The summed E-state index contributed by atoms with van der Waals surface area (Å²) in [5, 5.41) is 17.9. The van der Waals surface area contributed by atoms with Crippen molar-refractivity contribution in [1.29, 1.82) is 0 Å². The Labute approximate surface area is 94.7 Å². The highest BCUT2D eigenvalue weighted by Gasteiger charge is 2.08. The van der Waals surface area contributed by atoms with Crippen molar-refractivity contribution in [1.82, 2.24) is 0 Å². The zero-order chi connectivity index (χ0) is 9.14. The van der Waals surface area contributed by atoms with Gasteiger partial charge in [0.2, 0.25) is 0 Å². The Kier molecular flexibility index (Phi) is 7.58. The number of aliphatic hydroxyl groups is 2. The second-order valence-corrected chi connectivity index (χ2v) is 2.59. The fourth-order valence-corrected chi connectivity index (χ4v) is 0.995. The quantitative estimate of drug-likeness (QED) is 0.574. The van der Waals surface area contributed by atoms with E-state index in [1.165, 1.54) is 0 Å². The predicted octanol–water partition coefficient (Wildman–Crippen LogP) is 0.720. The van der Waals surface area contributed by atoms with Crippen molar-refractivity contribution < 1.29 is 10.2 Å². The van der Waals surface area contributed by atoms with E-state index in [0.717, 1.165) is 0 Å². The van der Waals surface area contributed by atoms with Gasteiger partial charge in [0.05, 0.1) is 6.61 Å². The SMILES string of the molecule is Cl.Cl.Nc1ccc(C(O)CO)c(N)c1. The average Bonchev–Trinajstić information content (AvgIpc) is 2.03. The number of rotatable bonds is 2. The number of nitrogen functional groups attached to an aromatic ring is 2. The van der Waals surface area contributed by atoms with Gasteiger partial charge >= 0.3 is 0 Å². The number of nitrogens with two attached hydrogens (primary N) is 2. The molecular weight excluding hydrogens is 227 g/mol. The van der Waals surface area contributed by atoms with Crippen LogP contribution in [0.2, 0.25) is 0 Å². The summed E-state index contributed by atoms with van der Waals surface area (Å²) in [6.45, 7) is -0.339. The molecule has 1 unspecified atom stereocenters. The summed E-state index contributed by atoms with van der Waals surface area (Å²) in [5.74, 6) is 0. The summed E-state index contributed by atoms with van der Waals surface area (Å²) in [6.07, 6.45) is -0.925. The van der Waals surface area contributed by atoms with Crippen molar-refractivity contribution >= 4 is 36.2 Å². The van der Waals surface area contributed by atoms with Crippen LogP contribution >= 0.6 is 24.8 Å². The Morgan fingerprint density at radius 1 is 1.21 bits per heavy atom. The number of halogens is 2. The maximum atomic E-state index is 9.23. The first-order valence-corrected chi connectivity index (χ1v) is 3.59. The van der Waals surface area contributed by atoms with Gasteiger partial charge in [0.1, 0.15) is 6.10 Å². The second kappa shape index (κ2) is 6.73. The number of aliphatic hydroxyl groups excluding tert-OH is 2. The van der Waals surface area contributed by atoms with Crippen LogP contribution in [0.25, 0.3) is 0 Å². The Morgan fingerprint density at radius 3 is 2.21 bits per heavy atom. The third-order valence-corrected chi connectivity index (χ3v) is 1.64. The van der Waals surface area contributed by atoms with Crippen LogP contribution in [0.15, 0.2) is 18.2 Å². The molecule has 0 aliphatic heterocycles. The van der Waals surface area contributed by atoms with Crippen molar-refractivity contribution in [3.63, 3.8) is 0 Å². The van der Waals surface area contributed by atoms with E-state index in [9.17, 15) is 5.11 Å². The monoisotopic (exact) mass is 240 g/mol. The lowest BCUT2D eigenvalue weighted by atomic mass is 10.1. The van der Waals surface area contributed by atoms with E-state index in [1.54, 1.807) is 18.2 Å². The highest BCUT2D eigenvalue weighted by Crippen LogP contribution is 2.21. The summed E-state index contributed by atoms with van der Waals surface area (Å²) in [4.78, 5) is 0. The van der Waals surface area contributed by atoms with Gasteiger partial charge < -0.3 is 21.7 Å². The molecule has 0 amide bonds. The van der Waals surface area contributed by atoms with Gasteiger partial charge in [0, 0.05) is 16.9 Å². The molecule has 82 valence electrons. The van der Waals surface area contributed by atoms with Crippen LogP contribution in [0, 0.1) is 0 Å². The maximum Gasteiger partial charge on any atom is 0.104 e. The molecule has 6 heteroatoms. The fourth-order valence-electron chi connectivity index (χ4n) is 0.995. The van der Waals surface area contributed by atoms with Crippen molar-refractivity contribution in [2.24, 2.45) is 0 Å². The van der Waals surface area contributed by atoms with Crippen LogP contribution in [0.3, 0.4) is 0 Å². The molecule has 0 radical (unpaired) electrons. The van der Waals surface area contributed by atoms with Crippen LogP contribution < -0.4 is 11.5 Å². The normalized spacial score (nSPS) is 11.0. The van der Waals surface area contributed by atoms with Crippen molar-refractivity contribution in [2.75, 3.05) is 18.1 Å². The molecule has 0 aliphatic carbocycles. The average molecular weight is 241 g/mol. The van der Waals surface area contributed by atoms with Gasteiger partial charge in [-0.1, -0.05) is 6.07 Å². The van der Waals surface area contributed by atoms with E-state index in [2.05, 4.69) is 0 Å². The minimum Gasteiger partial charge on any atom is -0.399 e. The largest absolute Gasteiger partial charge is 0.399 e. The topological polar surface area (TPSA) is 92.5 Å². The van der Waals surface area contributed by atoms with E-state index >= 15 is 0 Å². The van der Waals surface area contributed by atoms with E-state index in [1.807, 2.05) is 0 Å². The van der Waals surface area contributed by atoms with Crippen LogP contribution in [-0.2, 0) is 0 Å².